The molecule has 0 bridgehead atoms. The van der Waals surface area contributed by atoms with Crippen molar-refractivity contribution in [2.24, 2.45) is 0 Å². The monoisotopic (exact) mass is 429 g/mol. The third-order valence-electron chi connectivity index (χ3n) is 5.24. The Morgan fingerprint density at radius 2 is 2.09 bits per heavy atom. The first kappa shape index (κ1) is 19.8. The highest BCUT2D eigenvalue weighted by Gasteiger charge is 2.24. The fourth-order valence-electron chi connectivity index (χ4n) is 3.61. The van der Waals surface area contributed by atoms with Gasteiger partial charge in [0.25, 0.3) is 0 Å². The minimum Gasteiger partial charge on any atom is -0.367 e. The van der Waals surface area contributed by atoms with Crippen LogP contribution in [-0.4, -0.2) is 32.5 Å². The summed E-state index contributed by atoms with van der Waals surface area (Å²) in [6.45, 7) is 5.39. The molecule has 1 aliphatic carbocycles. The van der Waals surface area contributed by atoms with Gasteiger partial charge in [0.05, 0.1) is 12.6 Å². The molecule has 1 aliphatic heterocycles. The van der Waals surface area contributed by atoms with E-state index in [9.17, 15) is 9.59 Å². The number of nitrogens with one attached hydrogen (secondary N) is 4. The van der Waals surface area contributed by atoms with Crippen LogP contribution in [0.3, 0.4) is 0 Å². The Labute approximate surface area is 184 Å². The number of carbonyl (C=O) groups is 2. The molecule has 162 valence electrons. The summed E-state index contributed by atoms with van der Waals surface area (Å²) in [5, 5.41) is 16.9. The van der Waals surface area contributed by atoms with Crippen molar-refractivity contribution in [3.63, 3.8) is 0 Å². The van der Waals surface area contributed by atoms with Crippen LogP contribution in [0.4, 0.5) is 23.0 Å². The molecule has 1 saturated heterocycles. The van der Waals surface area contributed by atoms with E-state index in [2.05, 4.69) is 32.9 Å². The molecule has 5 rings (SSSR count). The number of rotatable bonds is 6. The smallest absolute Gasteiger partial charge is 0.228 e. The minimum atomic E-state index is -0.129. The van der Waals surface area contributed by atoms with Crippen molar-refractivity contribution in [3.05, 3.63) is 59.9 Å². The van der Waals surface area contributed by atoms with E-state index in [1.165, 1.54) is 6.92 Å². The fraction of sp³-hybridized carbons (Fsp3) is 0.217. The predicted molar refractivity (Wildman–Crippen MR) is 124 cm³/mol. The van der Waals surface area contributed by atoms with Crippen LogP contribution in [0, 0.1) is 0 Å². The molecule has 9 heteroatoms. The van der Waals surface area contributed by atoms with Crippen LogP contribution in [0.1, 0.15) is 31.7 Å². The first-order valence-corrected chi connectivity index (χ1v) is 10.4. The summed E-state index contributed by atoms with van der Waals surface area (Å²) in [6.07, 6.45) is 6.17. The van der Waals surface area contributed by atoms with Gasteiger partial charge in [-0.3, -0.25) is 9.59 Å². The Morgan fingerprint density at radius 1 is 1.28 bits per heavy atom. The van der Waals surface area contributed by atoms with Crippen LogP contribution in [-0.2, 0) is 9.59 Å². The minimum absolute atomic E-state index is 0.0665. The van der Waals surface area contributed by atoms with E-state index in [0.717, 1.165) is 35.5 Å². The van der Waals surface area contributed by atoms with Gasteiger partial charge in [0.1, 0.15) is 11.6 Å². The molecule has 2 aliphatic rings. The molecule has 2 aromatic heterocycles. The zero-order valence-electron chi connectivity index (χ0n) is 17.6. The van der Waals surface area contributed by atoms with Crippen molar-refractivity contribution in [3.8, 4) is 0 Å². The number of aromatic nitrogens is 3. The lowest BCUT2D eigenvalue weighted by molar-refractivity contribution is -0.118. The number of carbonyl (C=O) groups excluding carboxylic acids is 2. The van der Waals surface area contributed by atoms with Crippen molar-refractivity contribution in [1.82, 2.24) is 19.9 Å². The first-order chi connectivity index (χ1) is 15.4. The normalized spacial score (nSPS) is 17.0. The number of hydrogen-bond acceptors (Lipinski definition) is 6. The van der Waals surface area contributed by atoms with Crippen molar-refractivity contribution >= 4 is 46.5 Å². The van der Waals surface area contributed by atoms with Crippen LogP contribution >= 0.6 is 0 Å². The van der Waals surface area contributed by atoms with Crippen LogP contribution in [0.25, 0.3) is 11.7 Å². The van der Waals surface area contributed by atoms with Crippen LogP contribution in [0.5, 0.6) is 0 Å². The molecular weight excluding hydrogens is 406 g/mol. The Balaban J connectivity index is 1.53. The van der Waals surface area contributed by atoms with Crippen molar-refractivity contribution < 1.29 is 9.59 Å². The van der Waals surface area contributed by atoms with Crippen molar-refractivity contribution in [2.45, 2.75) is 32.2 Å². The van der Waals surface area contributed by atoms with E-state index >= 15 is 0 Å². The molecule has 32 heavy (non-hydrogen) atoms. The Kier molecular flexibility index (Phi) is 4.85. The van der Waals surface area contributed by atoms with Gasteiger partial charge in [-0.05, 0) is 42.7 Å². The first-order valence-electron chi connectivity index (χ1n) is 10.4. The maximum atomic E-state index is 11.7. The lowest BCUT2D eigenvalue weighted by Crippen LogP contribution is -2.10. The molecule has 2 amide bonds. The molecule has 0 atom stereocenters. The number of nitrogens with zero attached hydrogens (tertiary/aromatic N) is 3. The van der Waals surface area contributed by atoms with Gasteiger partial charge in [0.15, 0.2) is 5.65 Å². The summed E-state index contributed by atoms with van der Waals surface area (Å²) in [4.78, 5) is 27.8. The number of hydrogen-bond donors (Lipinski definition) is 4. The van der Waals surface area contributed by atoms with Gasteiger partial charge in [0, 0.05) is 41.7 Å². The second-order valence-electron chi connectivity index (χ2n) is 8.04. The molecule has 1 aromatic carbocycles. The quantitative estimate of drug-likeness (QED) is 0.478. The average molecular weight is 429 g/mol. The van der Waals surface area contributed by atoms with Gasteiger partial charge < -0.3 is 21.3 Å². The van der Waals surface area contributed by atoms with Gasteiger partial charge in [0.2, 0.25) is 11.8 Å². The molecule has 0 spiro atoms. The van der Waals surface area contributed by atoms with Crippen LogP contribution < -0.4 is 21.3 Å². The summed E-state index contributed by atoms with van der Waals surface area (Å²) >= 11 is 0. The van der Waals surface area contributed by atoms with E-state index < -0.39 is 0 Å². The largest absolute Gasteiger partial charge is 0.367 e. The van der Waals surface area contributed by atoms with E-state index in [1.54, 1.807) is 10.7 Å². The summed E-state index contributed by atoms with van der Waals surface area (Å²) in [5.74, 6) is 1.28. The molecule has 3 aromatic rings. The summed E-state index contributed by atoms with van der Waals surface area (Å²) < 4.78 is 1.77. The van der Waals surface area contributed by atoms with Crippen LogP contribution in [0.2, 0.25) is 0 Å². The SMILES string of the molecule is C=C1NC(=O)C/C1=C\c1cnn2c(NC3CC3)cc(Nc3cccc(NC(C)=O)c3)nc12. The molecule has 2 fully saturated rings. The Morgan fingerprint density at radius 3 is 2.81 bits per heavy atom. The molecule has 9 nitrogen and oxygen atoms in total. The molecule has 3 heterocycles. The lowest BCUT2D eigenvalue weighted by Gasteiger charge is -2.12. The highest BCUT2D eigenvalue weighted by molar-refractivity contribution is 5.90. The number of amides is 2. The van der Waals surface area contributed by atoms with E-state index in [0.29, 0.717) is 28.9 Å². The molecule has 0 unspecified atom stereocenters. The number of fused-ring (bicyclic) bond motifs is 1. The van der Waals surface area contributed by atoms with Gasteiger partial charge in [-0.25, -0.2) is 4.98 Å². The third-order valence-corrected chi connectivity index (χ3v) is 5.24. The number of benzene rings is 1. The van der Waals surface area contributed by atoms with Gasteiger partial charge in [-0.2, -0.15) is 9.61 Å². The maximum absolute atomic E-state index is 11.7. The summed E-state index contributed by atoms with van der Waals surface area (Å²) in [7, 11) is 0. The zero-order valence-corrected chi connectivity index (χ0v) is 17.6. The average Bonchev–Trinajstić information content (AvgIpc) is 3.36. The second kappa shape index (κ2) is 7.84. The zero-order chi connectivity index (χ0) is 22.2. The highest BCUT2D eigenvalue weighted by atomic mass is 16.2. The van der Waals surface area contributed by atoms with Gasteiger partial charge >= 0.3 is 0 Å². The third kappa shape index (κ3) is 4.18. The molecular formula is C23H23N7O2. The predicted octanol–water partition coefficient (Wildman–Crippen LogP) is 3.42. The van der Waals surface area contributed by atoms with Gasteiger partial charge in [-0.15, -0.1) is 0 Å². The summed E-state index contributed by atoms with van der Waals surface area (Å²) in [6, 6.07) is 9.79. The fourth-order valence-corrected chi connectivity index (χ4v) is 3.61. The van der Waals surface area contributed by atoms with E-state index in [4.69, 9.17) is 4.98 Å². The topological polar surface area (TPSA) is 112 Å². The van der Waals surface area contributed by atoms with E-state index in [-0.39, 0.29) is 18.2 Å². The molecule has 4 N–H and O–H groups in total. The Bertz CT molecular complexity index is 1290. The van der Waals surface area contributed by atoms with Gasteiger partial charge in [-0.1, -0.05) is 12.6 Å². The maximum Gasteiger partial charge on any atom is 0.228 e. The van der Waals surface area contributed by atoms with E-state index in [1.807, 2.05) is 36.4 Å². The van der Waals surface area contributed by atoms with Crippen molar-refractivity contribution in [2.75, 3.05) is 16.0 Å². The molecule has 0 radical (unpaired) electrons. The highest BCUT2D eigenvalue weighted by Crippen LogP contribution is 2.30. The number of anilines is 4. The standard InChI is InChI=1S/C23H23N7O2/c1-13-15(9-22(32)25-13)8-16-12-24-30-21(28-17-6-7-17)11-20(29-23(16)30)27-19-5-3-4-18(10-19)26-14(2)31/h3-5,8,10-12,17,28H,1,6-7,9H2,2H3,(H,25,32)(H,26,31)(H,27,29)/b15-8+. The lowest BCUT2D eigenvalue weighted by atomic mass is 10.1. The van der Waals surface area contributed by atoms with Crippen LogP contribution in [0.15, 0.2) is 54.4 Å². The summed E-state index contributed by atoms with van der Waals surface area (Å²) in [5.41, 5.74) is 4.39. The van der Waals surface area contributed by atoms with Crippen molar-refractivity contribution in [1.29, 1.82) is 0 Å². The second-order valence-corrected chi connectivity index (χ2v) is 8.04. The Hall–Kier alpha value is -4.14. The molecule has 1 saturated carbocycles. The number of allylic oxidation sites excluding steroid dienone is 1.